The van der Waals surface area contributed by atoms with E-state index in [9.17, 15) is 28.9 Å². The Balaban J connectivity index is 4.78. The summed E-state index contributed by atoms with van der Waals surface area (Å²) < 4.78 is 39.5. The molecule has 0 bridgehead atoms. The third-order valence-corrected chi connectivity index (χ3v) is 12.9. The largest absolute Gasteiger partial charge is 0.472 e. The predicted octanol–water partition coefficient (Wildman–Crippen LogP) is 17.3. The second-order valence-corrected chi connectivity index (χ2v) is 20.5. The fourth-order valence-corrected chi connectivity index (χ4v) is 8.37. The summed E-state index contributed by atoms with van der Waals surface area (Å²) in [4.78, 5) is 48.5. The minimum atomic E-state index is -4.76. The van der Waals surface area contributed by atoms with Crippen molar-refractivity contribution in [3.63, 3.8) is 0 Å². The number of carbonyl (C=O) groups is 3. The van der Waals surface area contributed by atoms with E-state index < -0.39 is 57.8 Å². The Labute approximate surface area is 451 Å². The SMILES string of the molecule is CC/C=C\C/C=C\C/C=C\C/C=C\CCCCCCCCC(=O)OCC(COP(=O)(O)OCC(CO)OC(=O)CCCCC/C=C\C/C=C\C/C=C\CC)OC(=O)CCCCCCC/C=C\CCCCCCCC. The molecule has 0 amide bonds. The van der Waals surface area contributed by atoms with Gasteiger partial charge in [-0.25, -0.2) is 4.57 Å². The van der Waals surface area contributed by atoms with Gasteiger partial charge in [-0.2, -0.15) is 0 Å². The van der Waals surface area contributed by atoms with Crippen molar-refractivity contribution in [1.82, 2.24) is 0 Å². The Hall–Kier alpha value is -3.60. The molecule has 74 heavy (non-hydrogen) atoms. The lowest BCUT2D eigenvalue weighted by molar-refractivity contribution is -0.161. The molecule has 0 fully saturated rings. The van der Waals surface area contributed by atoms with Gasteiger partial charge in [0.05, 0.1) is 19.8 Å². The minimum Gasteiger partial charge on any atom is -0.462 e. The topological polar surface area (TPSA) is 155 Å². The Bertz CT molecular complexity index is 1610. The lowest BCUT2D eigenvalue weighted by atomic mass is 10.1. The Morgan fingerprint density at radius 1 is 0.392 bits per heavy atom. The van der Waals surface area contributed by atoms with Gasteiger partial charge in [0, 0.05) is 19.3 Å². The monoisotopic (exact) mass is 1060 g/mol. The zero-order chi connectivity index (χ0) is 54.1. The molecule has 0 rings (SSSR count). The Morgan fingerprint density at radius 3 is 1.11 bits per heavy atom. The second-order valence-electron chi connectivity index (χ2n) is 19.0. The average Bonchev–Trinajstić information content (AvgIpc) is 3.39. The summed E-state index contributed by atoms with van der Waals surface area (Å²) in [7, 11) is -4.76. The molecule has 12 heteroatoms. The standard InChI is InChI=1S/C62H105O11P/c1-4-7-10-13-16-19-22-25-27-28-29-30-32-34-36-39-42-45-48-51-60(64)69-55-59(73-62(66)53-50-47-44-41-38-35-31-26-23-20-17-14-11-8-5-2)57-71-74(67,68)70-56-58(54-63)72-61(65)52-49-46-43-40-37-33-24-21-18-15-12-9-6-3/h7,9-10,12,16,18-19,21,25-27,29-31,33,37,58-59,63H,4-6,8,11,13-15,17,20,22-24,28,32,34-36,38-57H2,1-3H3,(H,67,68)/b10-7-,12-9-,19-16-,21-18-,27-25-,30-29-,31-26-,37-33-. The van der Waals surface area contributed by atoms with E-state index in [1.54, 1.807) is 0 Å². The molecule has 0 aromatic carbocycles. The number of aliphatic hydroxyl groups is 1. The first-order valence-corrected chi connectivity index (χ1v) is 30.6. The van der Waals surface area contributed by atoms with Gasteiger partial charge in [0.25, 0.3) is 0 Å². The highest BCUT2D eigenvalue weighted by molar-refractivity contribution is 7.47. The highest BCUT2D eigenvalue weighted by Crippen LogP contribution is 2.43. The van der Waals surface area contributed by atoms with Crippen LogP contribution in [0.3, 0.4) is 0 Å². The number of hydrogen-bond donors (Lipinski definition) is 2. The summed E-state index contributed by atoms with van der Waals surface area (Å²) in [6.45, 7) is 4.35. The zero-order valence-corrected chi connectivity index (χ0v) is 47.7. The molecule has 0 saturated heterocycles. The number of rotatable bonds is 53. The fraction of sp³-hybridized carbons (Fsp3) is 0.694. The Kier molecular flexibility index (Phi) is 52.9. The van der Waals surface area contributed by atoms with Gasteiger partial charge in [-0.05, 0) is 116 Å². The summed E-state index contributed by atoms with van der Waals surface area (Å²) in [5, 5.41) is 9.80. The van der Waals surface area contributed by atoms with Crippen LogP contribution in [0.5, 0.6) is 0 Å². The predicted molar refractivity (Wildman–Crippen MR) is 307 cm³/mol. The first-order valence-electron chi connectivity index (χ1n) is 29.1. The van der Waals surface area contributed by atoms with E-state index in [2.05, 4.69) is 118 Å². The van der Waals surface area contributed by atoms with Crippen LogP contribution in [-0.2, 0) is 42.2 Å². The maximum Gasteiger partial charge on any atom is 0.472 e. The summed E-state index contributed by atoms with van der Waals surface area (Å²) >= 11 is 0. The van der Waals surface area contributed by atoms with E-state index in [1.165, 1.54) is 38.5 Å². The third-order valence-electron chi connectivity index (χ3n) is 12.0. The number of hydrogen-bond acceptors (Lipinski definition) is 10. The van der Waals surface area contributed by atoms with E-state index in [0.717, 1.165) is 141 Å². The van der Waals surface area contributed by atoms with E-state index in [4.69, 9.17) is 23.3 Å². The molecule has 0 aliphatic carbocycles. The maximum atomic E-state index is 12.9. The number of ether oxygens (including phenoxy) is 3. The van der Waals surface area contributed by atoms with Gasteiger partial charge in [-0.3, -0.25) is 23.4 Å². The molecule has 0 aliphatic rings. The molecule has 0 aromatic rings. The lowest BCUT2D eigenvalue weighted by Crippen LogP contribution is -2.30. The molecule has 0 radical (unpaired) electrons. The van der Waals surface area contributed by atoms with Crippen LogP contribution in [0.1, 0.15) is 239 Å². The van der Waals surface area contributed by atoms with Gasteiger partial charge in [0.1, 0.15) is 12.7 Å². The molecule has 0 aliphatic heterocycles. The van der Waals surface area contributed by atoms with Gasteiger partial charge < -0.3 is 24.2 Å². The number of aliphatic hydroxyl groups excluding tert-OH is 1. The molecular weight excluding hydrogens is 952 g/mol. The molecular formula is C62H105O11P. The number of phosphoric ester groups is 1. The normalized spacial score (nSPS) is 14.1. The number of allylic oxidation sites excluding steroid dienone is 16. The maximum absolute atomic E-state index is 12.9. The van der Waals surface area contributed by atoms with Crippen molar-refractivity contribution < 1.29 is 52.2 Å². The van der Waals surface area contributed by atoms with Crippen molar-refractivity contribution in [3.05, 3.63) is 97.2 Å². The van der Waals surface area contributed by atoms with Crippen LogP contribution in [0.25, 0.3) is 0 Å². The molecule has 0 aromatic heterocycles. The summed E-state index contributed by atoms with van der Waals surface area (Å²) in [5.74, 6) is -1.52. The van der Waals surface area contributed by atoms with Crippen LogP contribution in [0.4, 0.5) is 0 Å². The Morgan fingerprint density at radius 2 is 0.703 bits per heavy atom. The van der Waals surface area contributed by atoms with Crippen LogP contribution in [0.2, 0.25) is 0 Å². The zero-order valence-electron chi connectivity index (χ0n) is 46.8. The van der Waals surface area contributed by atoms with Crippen molar-refractivity contribution in [1.29, 1.82) is 0 Å². The van der Waals surface area contributed by atoms with Crippen LogP contribution >= 0.6 is 7.82 Å². The molecule has 2 N–H and O–H groups in total. The lowest BCUT2D eigenvalue weighted by Gasteiger charge is -2.21. The highest BCUT2D eigenvalue weighted by Gasteiger charge is 2.28. The van der Waals surface area contributed by atoms with E-state index in [0.29, 0.717) is 19.3 Å². The second kappa shape index (κ2) is 55.6. The van der Waals surface area contributed by atoms with E-state index in [1.807, 2.05) is 0 Å². The average molecular weight is 1060 g/mol. The molecule has 0 heterocycles. The molecule has 424 valence electrons. The van der Waals surface area contributed by atoms with Gasteiger partial charge in [-0.15, -0.1) is 0 Å². The van der Waals surface area contributed by atoms with Gasteiger partial charge in [-0.1, -0.05) is 201 Å². The van der Waals surface area contributed by atoms with Crippen LogP contribution < -0.4 is 0 Å². The molecule has 0 spiro atoms. The van der Waals surface area contributed by atoms with Crippen LogP contribution in [-0.4, -0.2) is 66.5 Å². The van der Waals surface area contributed by atoms with E-state index in [-0.39, 0.29) is 25.9 Å². The molecule has 3 atom stereocenters. The van der Waals surface area contributed by atoms with Crippen molar-refractivity contribution in [2.75, 3.05) is 26.4 Å². The first kappa shape index (κ1) is 70.4. The van der Waals surface area contributed by atoms with Gasteiger partial charge in [0.15, 0.2) is 6.10 Å². The van der Waals surface area contributed by atoms with Crippen molar-refractivity contribution >= 4 is 25.7 Å². The minimum absolute atomic E-state index is 0.137. The third kappa shape index (κ3) is 53.2. The van der Waals surface area contributed by atoms with Gasteiger partial charge >= 0.3 is 25.7 Å². The van der Waals surface area contributed by atoms with Crippen molar-refractivity contribution in [2.24, 2.45) is 0 Å². The highest BCUT2D eigenvalue weighted by atomic mass is 31.2. The van der Waals surface area contributed by atoms with Crippen molar-refractivity contribution in [3.8, 4) is 0 Å². The number of esters is 3. The summed E-state index contributed by atoms with van der Waals surface area (Å²) in [5.41, 5.74) is 0. The first-order chi connectivity index (χ1) is 36.2. The van der Waals surface area contributed by atoms with Crippen molar-refractivity contribution in [2.45, 2.75) is 251 Å². The van der Waals surface area contributed by atoms with E-state index >= 15 is 0 Å². The van der Waals surface area contributed by atoms with Crippen LogP contribution in [0, 0.1) is 0 Å². The summed E-state index contributed by atoms with van der Waals surface area (Å²) in [6, 6.07) is 0. The summed E-state index contributed by atoms with van der Waals surface area (Å²) in [6.07, 6.45) is 65.1. The fourth-order valence-electron chi connectivity index (χ4n) is 7.59. The van der Waals surface area contributed by atoms with Crippen LogP contribution in [0.15, 0.2) is 97.2 Å². The van der Waals surface area contributed by atoms with Gasteiger partial charge in [0.2, 0.25) is 0 Å². The molecule has 3 unspecified atom stereocenters. The number of phosphoric acid groups is 1. The quantitative estimate of drug-likeness (QED) is 0.0197. The number of carbonyl (C=O) groups excluding carboxylic acids is 3. The number of unbranched alkanes of at least 4 members (excludes halogenated alkanes) is 20. The molecule has 0 saturated carbocycles. The molecule has 11 nitrogen and oxygen atoms in total. The smallest absolute Gasteiger partial charge is 0.462 e.